The van der Waals surface area contributed by atoms with E-state index >= 15 is 0 Å². The molecule has 0 bridgehead atoms. The molecule has 10 heteroatoms. The summed E-state index contributed by atoms with van der Waals surface area (Å²) in [5, 5.41) is 8.62. The molecule has 1 aliphatic carbocycles. The molecule has 0 amide bonds. The van der Waals surface area contributed by atoms with Crippen LogP contribution in [0.1, 0.15) is 72.9 Å². The largest absolute Gasteiger partial charge is 0.481 e. The molecule has 0 saturated heterocycles. The number of carbonyl (C=O) groups excluding carboxylic acids is 2. The van der Waals surface area contributed by atoms with Gasteiger partial charge in [-0.1, -0.05) is 25.3 Å². The van der Waals surface area contributed by atoms with E-state index in [1.807, 2.05) is 0 Å². The number of ketones is 2. The first-order chi connectivity index (χ1) is 15.3. The minimum Gasteiger partial charge on any atom is -0.481 e. The van der Waals surface area contributed by atoms with Crippen LogP contribution in [0.15, 0.2) is 30.4 Å². The second-order valence-electron chi connectivity index (χ2n) is 8.10. The molecule has 0 spiro atoms. The molecule has 1 aliphatic rings. The lowest BCUT2D eigenvalue weighted by molar-refractivity contribution is -0.143. The number of hydrogen-bond acceptors (Lipinski definition) is 3. The van der Waals surface area contributed by atoms with E-state index < -0.39 is 40.8 Å². The van der Waals surface area contributed by atoms with Crippen molar-refractivity contribution in [1.82, 2.24) is 0 Å². The van der Waals surface area contributed by atoms with Crippen LogP contribution in [0.3, 0.4) is 0 Å². The van der Waals surface area contributed by atoms with Crippen LogP contribution in [0.5, 0.6) is 0 Å². The van der Waals surface area contributed by atoms with Crippen LogP contribution in [-0.2, 0) is 21.9 Å². The Bertz CT molecular complexity index is 901. The van der Waals surface area contributed by atoms with Gasteiger partial charge < -0.3 is 5.11 Å². The zero-order chi connectivity index (χ0) is 24.8. The number of alkyl halides is 6. The van der Waals surface area contributed by atoms with E-state index in [1.165, 1.54) is 6.08 Å². The van der Waals surface area contributed by atoms with Crippen molar-refractivity contribution in [3.63, 3.8) is 0 Å². The minimum absolute atomic E-state index is 0.00635. The summed E-state index contributed by atoms with van der Waals surface area (Å²) in [4.78, 5) is 35.1. The molecule has 1 fully saturated rings. The van der Waals surface area contributed by atoms with Crippen LogP contribution in [-0.4, -0.2) is 22.6 Å². The molecule has 1 aromatic rings. The predicted octanol–water partition coefficient (Wildman–Crippen LogP) is 6.48. The van der Waals surface area contributed by atoms with Gasteiger partial charge in [-0.3, -0.25) is 14.4 Å². The summed E-state index contributed by atoms with van der Waals surface area (Å²) in [5.74, 6) is -2.69. The summed E-state index contributed by atoms with van der Waals surface area (Å²) < 4.78 is 78.3. The van der Waals surface area contributed by atoms with E-state index in [-0.39, 0.29) is 36.5 Å². The Morgan fingerprint density at radius 1 is 1.00 bits per heavy atom. The molecule has 2 atom stereocenters. The van der Waals surface area contributed by atoms with Gasteiger partial charge in [0.1, 0.15) is 5.78 Å². The van der Waals surface area contributed by atoms with Crippen molar-refractivity contribution in [1.29, 1.82) is 0 Å². The second kappa shape index (κ2) is 11.0. The molecule has 0 aliphatic heterocycles. The lowest BCUT2D eigenvalue weighted by Crippen LogP contribution is -2.16. The van der Waals surface area contributed by atoms with Crippen molar-refractivity contribution in [3.05, 3.63) is 47.0 Å². The number of carboxylic acids is 1. The lowest BCUT2D eigenvalue weighted by atomic mass is 9.89. The molecule has 0 radical (unpaired) electrons. The van der Waals surface area contributed by atoms with Gasteiger partial charge in [0.25, 0.3) is 0 Å². The lowest BCUT2D eigenvalue weighted by Gasteiger charge is -2.16. The van der Waals surface area contributed by atoms with Crippen LogP contribution in [0.2, 0.25) is 0 Å². The Morgan fingerprint density at radius 2 is 1.67 bits per heavy atom. The van der Waals surface area contributed by atoms with Crippen LogP contribution in [0.4, 0.5) is 26.3 Å². The maximum Gasteiger partial charge on any atom is 0.417 e. The zero-order valence-corrected chi connectivity index (χ0v) is 17.6. The van der Waals surface area contributed by atoms with Gasteiger partial charge in [0.05, 0.1) is 11.1 Å². The van der Waals surface area contributed by atoms with E-state index in [4.69, 9.17) is 5.11 Å². The number of aliphatic carboxylic acids is 1. The Kier molecular flexibility index (Phi) is 8.85. The standard InChI is InChI=1S/C23H24F6O4/c24-22(25,26)15-9-10-17(18(13-15)23(27,28)29)20(31)12-8-14-7-11-19(30)16(14)5-3-1-2-4-6-21(32)33/h8-10,12-14,16H,1-7,11H2,(H,32,33)/t14-,16-/m0/s1. The molecular formula is C23H24F6O4. The number of rotatable bonds is 10. The quantitative estimate of drug-likeness (QED) is 0.181. The van der Waals surface area contributed by atoms with Crippen molar-refractivity contribution in [2.24, 2.45) is 11.8 Å². The highest BCUT2D eigenvalue weighted by Gasteiger charge is 2.39. The summed E-state index contributed by atoms with van der Waals surface area (Å²) in [6, 6.07) is 0.878. The van der Waals surface area contributed by atoms with Crippen molar-refractivity contribution >= 4 is 17.5 Å². The first kappa shape index (κ1) is 26.6. The van der Waals surface area contributed by atoms with Crippen molar-refractivity contribution in [3.8, 4) is 0 Å². The number of unbranched alkanes of at least 4 members (excludes halogenated alkanes) is 3. The Balaban J connectivity index is 2.07. The highest BCUT2D eigenvalue weighted by molar-refractivity contribution is 6.05. The van der Waals surface area contributed by atoms with Crippen LogP contribution in [0, 0.1) is 11.8 Å². The summed E-state index contributed by atoms with van der Waals surface area (Å²) in [7, 11) is 0. The van der Waals surface area contributed by atoms with Gasteiger partial charge in [0.2, 0.25) is 0 Å². The predicted molar refractivity (Wildman–Crippen MR) is 106 cm³/mol. The summed E-state index contributed by atoms with van der Waals surface area (Å²) in [5.41, 5.74) is -4.04. The highest BCUT2D eigenvalue weighted by Crippen LogP contribution is 2.38. The third-order valence-corrected chi connectivity index (χ3v) is 5.72. The number of allylic oxidation sites excluding steroid dienone is 2. The smallest absolute Gasteiger partial charge is 0.417 e. The summed E-state index contributed by atoms with van der Waals surface area (Å²) in [6.07, 6.45) is -3.93. The number of Topliss-reactive ketones (excluding diaryl/α,β-unsaturated/α-hetero) is 1. The van der Waals surface area contributed by atoms with Gasteiger partial charge in [-0.25, -0.2) is 0 Å². The third-order valence-electron chi connectivity index (χ3n) is 5.72. The van der Waals surface area contributed by atoms with Crippen molar-refractivity contribution in [2.45, 2.75) is 63.7 Å². The molecule has 1 aromatic carbocycles. The molecule has 4 nitrogen and oxygen atoms in total. The fraction of sp³-hybridized carbons (Fsp3) is 0.522. The second-order valence-corrected chi connectivity index (χ2v) is 8.10. The average molecular weight is 478 g/mol. The average Bonchev–Trinajstić information content (AvgIpc) is 3.06. The van der Waals surface area contributed by atoms with Crippen LogP contribution in [0.25, 0.3) is 0 Å². The SMILES string of the molecule is O=C(O)CCCCCC[C@@H]1C(=O)CC[C@H]1C=CC(=O)c1ccc(C(F)(F)F)cc1C(F)(F)F. The van der Waals surface area contributed by atoms with E-state index in [2.05, 4.69) is 0 Å². The molecule has 0 aromatic heterocycles. The summed E-state index contributed by atoms with van der Waals surface area (Å²) >= 11 is 0. The van der Waals surface area contributed by atoms with Gasteiger partial charge in [-0.15, -0.1) is 0 Å². The number of carboxylic acid groups (broad SMARTS) is 1. The number of benzene rings is 1. The minimum atomic E-state index is -5.15. The van der Waals surface area contributed by atoms with E-state index in [0.717, 1.165) is 12.5 Å². The van der Waals surface area contributed by atoms with Gasteiger partial charge in [0.15, 0.2) is 5.78 Å². The van der Waals surface area contributed by atoms with Gasteiger partial charge in [0, 0.05) is 24.3 Å². The molecular weight excluding hydrogens is 454 g/mol. The van der Waals surface area contributed by atoms with Crippen molar-refractivity contribution in [2.75, 3.05) is 0 Å². The third kappa shape index (κ3) is 7.71. The van der Waals surface area contributed by atoms with Gasteiger partial charge in [-0.05, 0) is 49.5 Å². The highest BCUT2D eigenvalue weighted by atomic mass is 19.4. The van der Waals surface area contributed by atoms with Gasteiger partial charge in [-0.2, -0.15) is 26.3 Å². The zero-order valence-electron chi connectivity index (χ0n) is 17.6. The molecule has 0 heterocycles. The molecule has 33 heavy (non-hydrogen) atoms. The Hall–Kier alpha value is -2.65. The number of hydrogen-bond donors (Lipinski definition) is 1. The Morgan fingerprint density at radius 3 is 2.27 bits per heavy atom. The van der Waals surface area contributed by atoms with Crippen LogP contribution >= 0.6 is 0 Å². The fourth-order valence-corrected chi connectivity index (χ4v) is 4.00. The molecule has 1 saturated carbocycles. The molecule has 0 unspecified atom stereocenters. The van der Waals surface area contributed by atoms with Crippen LogP contribution < -0.4 is 0 Å². The fourth-order valence-electron chi connectivity index (χ4n) is 4.00. The van der Waals surface area contributed by atoms with E-state index in [0.29, 0.717) is 44.2 Å². The van der Waals surface area contributed by atoms with E-state index in [1.54, 1.807) is 0 Å². The number of halogens is 6. The first-order valence-electron chi connectivity index (χ1n) is 10.6. The normalized spacial score (nSPS) is 19.4. The first-order valence-corrected chi connectivity index (χ1v) is 10.6. The Labute approximate surface area is 186 Å². The monoisotopic (exact) mass is 478 g/mol. The van der Waals surface area contributed by atoms with Crippen molar-refractivity contribution < 1.29 is 45.8 Å². The molecule has 2 rings (SSSR count). The molecule has 1 N–H and O–H groups in total. The maximum absolute atomic E-state index is 13.3. The van der Waals surface area contributed by atoms with Gasteiger partial charge >= 0.3 is 18.3 Å². The maximum atomic E-state index is 13.3. The molecule has 182 valence electrons. The van der Waals surface area contributed by atoms with E-state index in [9.17, 15) is 40.7 Å². The topological polar surface area (TPSA) is 71.4 Å². The summed E-state index contributed by atoms with van der Waals surface area (Å²) in [6.45, 7) is 0. The number of carbonyl (C=O) groups is 3.